The number of ether oxygens (including phenoxy) is 1. The maximum atomic E-state index is 9.92. The van der Waals surface area contributed by atoms with Crippen LogP contribution in [-0.2, 0) is 0 Å². The van der Waals surface area contributed by atoms with Crippen molar-refractivity contribution < 1.29 is 9.84 Å². The fraction of sp³-hybridized carbons (Fsp3) is 0.667. The molecule has 0 aromatic heterocycles. The average molecular weight is 289 g/mol. The van der Waals surface area contributed by atoms with Crippen LogP contribution in [-0.4, -0.2) is 30.9 Å². The Morgan fingerprint density at radius 3 is 2.86 bits per heavy atom. The minimum absolute atomic E-state index is 0.366. The van der Waals surface area contributed by atoms with Gasteiger partial charge in [0.2, 0.25) is 0 Å². The number of likely N-dealkylation sites (N-methyl/N-ethyl adjacent to an activating group) is 1. The number of para-hydroxylation sites is 1. The fourth-order valence-electron chi connectivity index (χ4n) is 4.10. The van der Waals surface area contributed by atoms with Crippen molar-refractivity contribution in [3.05, 3.63) is 29.8 Å². The SMILES string of the molecule is CCNCC(O)COc1ccccc1C1CC2CCC1C2. The van der Waals surface area contributed by atoms with Crippen molar-refractivity contribution in [2.45, 2.75) is 44.6 Å². The Balaban J connectivity index is 1.63. The lowest BCUT2D eigenvalue weighted by molar-refractivity contribution is 0.106. The van der Waals surface area contributed by atoms with Gasteiger partial charge in [-0.25, -0.2) is 0 Å². The summed E-state index contributed by atoms with van der Waals surface area (Å²) in [5, 5.41) is 13.1. The van der Waals surface area contributed by atoms with Crippen molar-refractivity contribution in [2.24, 2.45) is 11.8 Å². The Morgan fingerprint density at radius 2 is 2.14 bits per heavy atom. The average Bonchev–Trinajstić information content (AvgIpc) is 3.14. The Hall–Kier alpha value is -1.06. The van der Waals surface area contributed by atoms with Gasteiger partial charge in [0.1, 0.15) is 18.5 Å². The van der Waals surface area contributed by atoms with Crippen LogP contribution in [0.3, 0.4) is 0 Å². The third-order valence-electron chi connectivity index (χ3n) is 5.12. The molecule has 3 nitrogen and oxygen atoms in total. The van der Waals surface area contributed by atoms with E-state index in [1.165, 1.54) is 31.2 Å². The number of fused-ring (bicyclic) bond motifs is 2. The Morgan fingerprint density at radius 1 is 1.29 bits per heavy atom. The summed E-state index contributed by atoms with van der Waals surface area (Å²) in [6.45, 7) is 3.87. The van der Waals surface area contributed by atoms with Gasteiger partial charge in [-0.2, -0.15) is 0 Å². The lowest BCUT2D eigenvalue weighted by atomic mass is 9.83. The first-order valence-electron chi connectivity index (χ1n) is 8.38. The number of hydrogen-bond donors (Lipinski definition) is 2. The molecule has 0 saturated heterocycles. The topological polar surface area (TPSA) is 41.5 Å². The van der Waals surface area contributed by atoms with Crippen LogP contribution in [0.4, 0.5) is 0 Å². The molecule has 2 aliphatic carbocycles. The first-order valence-corrected chi connectivity index (χ1v) is 8.38. The highest BCUT2D eigenvalue weighted by atomic mass is 16.5. The van der Waals surface area contributed by atoms with E-state index in [1.807, 2.05) is 13.0 Å². The molecule has 3 heteroatoms. The number of aliphatic hydroxyl groups is 1. The number of aliphatic hydroxyl groups excluding tert-OH is 1. The van der Waals surface area contributed by atoms with Gasteiger partial charge in [0.15, 0.2) is 0 Å². The highest BCUT2D eigenvalue weighted by molar-refractivity contribution is 5.38. The number of benzene rings is 1. The van der Waals surface area contributed by atoms with E-state index in [1.54, 1.807) is 0 Å². The quantitative estimate of drug-likeness (QED) is 0.811. The zero-order valence-electron chi connectivity index (χ0n) is 12.9. The predicted molar refractivity (Wildman–Crippen MR) is 84.7 cm³/mol. The maximum Gasteiger partial charge on any atom is 0.122 e. The van der Waals surface area contributed by atoms with Gasteiger partial charge in [0.05, 0.1) is 0 Å². The maximum absolute atomic E-state index is 9.92. The monoisotopic (exact) mass is 289 g/mol. The van der Waals surface area contributed by atoms with Crippen molar-refractivity contribution in [3.63, 3.8) is 0 Å². The summed E-state index contributed by atoms with van der Waals surface area (Å²) >= 11 is 0. The first-order chi connectivity index (χ1) is 10.3. The molecule has 2 N–H and O–H groups in total. The zero-order valence-corrected chi connectivity index (χ0v) is 12.9. The second-order valence-electron chi connectivity index (χ2n) is 6.59. The minimum atomic E-state index is -0.446. The van der Waals surface area contributed by atoms with E-state index in [-0.39, 0.29) is 0 Å². The van der Waals surface area contributed by atoms with E-state index in [9.17, 15) is 5.11 Å². The molecule has 0 spiro atoms. The highest BCUT2D eigenvalue weighted by Crippen LogP contribution is 2.54. The van der Waals surface area contributed by atoms with E-state index in [0.717, 1.165) is 24.1 Å². The van der Waals surface area contributed by atoms with Crippen LogP contribution in [0, 0.1) is 11.8 Å². The lowest BCUT2D eigenvalue weighted by Crippen LogP contribution is -2.31. The molecule has 0 radical (unpaired) electrons. The van der Waals surface area contributed by atoms with Gasteiger partial charge in [-0.1, -0.05) is 31.5 Å². The molecule has 21 heavy (non-hydrogen) atoms. The molecule has 1 aromatic carbocycles. The van der Waals surface area contributed by atoms with Crippen LogP contribution in [0.1, 0.15) is 44.1 Å². The third kappa shape index (κ3) is 3.41. The van der Waals surface area contributed by atoms with Crippen molar-refractivity contribution >= 4 is 0 Å². The summed E-state index contributed by atoms with van der Waals surface area (Å²) in [6.07, 6.45) is 5.09. The van der Waals surface area contributed by atoms with Crippen molar-refractivity contribution in [1.82, 2.24) is 5.32 Å². The molecule has 2 saturated carbocycles. The molecular formula is C18H27NO2. The van der Waals surface area contributed by atoms with Gasteiger partial charge in [-0.3, -0.25) is 0 Å². The summed E-state index contributed by atoms with van der Waals surface area (Å²) in [4.78, 5) is 0. The van der Waals surface area contributed by atoms with Crippen LogP contribution in [0.25, 0.3) is 0 Å². The standard InChI is InChI=1S/C18H27NO2/c1-2-19-11-15(20)12-21-18-6-4-3-5-16(18)17-10-13-7-8-14(17)9-13/h3-6,13-15,17,19-20H,2,7-12H2,1H3. The van der Waals surface area contributed by atoms with Crippen LogP contribution < -0.4 is 10.1 Å². The normalized spacial score (nSPS) is 28.8. The predicted octanol–water partition coefficient (Wildman–Crippen LogP) is 2.94. The second kappa shape index (κ2) is 6.80. The molecule has 4 unspecified atom stereocenters. The van der Waals surface area contributed by atoms with Crippen molar-refractivity contribution in [1.29, 1.82) is 0 Å². The molecule has 2 fully saturated rings. The van der Waals surface area contributed by atoms with Gasteiger partial charge in [-0.15, -0.1) is 0 Å². The minimum Gasteiger partial charge on any atom is -0.491 e. The molecule has 0 heterocycles. The van der Waals surface area contributed by atoms with Crippen LogP contribution in [0.5, 0.6) is 5.75 Å². The third-order valence-corrected chi connectivity index (χ3v) is 5.12. The van der Waals surface area contributed by atoms with Gasteiger partial charge < -0.3 is 15.2 Å². The molecule has 0 aliphatic heterocycles. The molecule has 2 aliphatic rings. The van der Waals surface area contributed by atoms with Crippen LogP contribution in [0.15, 0.2) is 24.3 Å². The summed E-state index contributed by atoms with van der Waals surface area (Å²) < 4.78 is 5.93. The Bertz CT molecular complexity index is 462. The van der Waals surface area contributed by atoms with E-state index in [4.69, 9.17) is 4.74 Å². The zero-order chi connectivity index (χ0) is 14.7. The molecule has 0 amide bonds. The fourth-order valence-corrected chi connectivity index (χ4v) is 4.10. The van der Waals surface area contributed by atoms with E-state index in [0.29, 0.717) is 19.1 Å². The molecule has 116 valence electrons. The van der Waals surface area contributed by atoms with E-state index in [2.05, 4.69) is 23.5 Å². The lowest BCUT2D eigenvalue weighted by Gasteiger charge is -2.24. The van der Waals surface area contributed by atoms with Gasteiger partial charge >= 0.3 is 0 Å². The molecule has 1 aromatic rings. The number of rotatable bonds is 7. The number of hydrogen-bond acceptors (Lipinski definition) is 3. The van der Waals surface area contributed by atoms with E-state index < -0.39 is 6.10 Å². The highest BCUT2D eigenvalue weighted by Gasteiger charge is 2.41. The first kappa shape index (κ1) is 14.9. The summed E-state index contributed by atoms with van der Waals surface area (Å²) in [5.41, 5.74) is 1.36. The second-order valence-corrected chi connectivity index (χ2v) is 6.59. The Kier molecular flexibility index (Phi) is 4.81. The Labute approximate surface area is 127 Å². The van der Waals surface area contributed by atoms with Crippen molar-refractivity contribution in [3.8, 4) is 5.75 Å². The van der Waals surface area contributed by atoms with Crippen LogP contribution >= 0.6 is 0 Å². The molecular weight excluding hydrogens is 262 g/mol. The summed E-state index contributed by atoms with van der Waals surface area (Å²) in [7, 11) is 0. The summed E-state index contributed by atoms with van der Waals surface area (Å²) in [5.74, 6) is 3.44. The van der Waals surface area contributed by atoms with Gasteiger partial charge in [-0.05, 0) is 55.2 Å². The molecule has 4 atom stereocenters. The number of nitrogens with one attached hydrogen (secondary N) is 1. The van der Waals surface area contributed by atoms with Gasteiger partial charge in [0.25, 0.3) is 0 Å². The smallest absolute Gasteiger partial charge is 0.122 e. The van der Waals surface area contributed by atoms with Crippen molar-refractivity contribution in [2.75, 3.05) is 19.7 Å². The van der Waals surface area contributed by atoms with Gasteiger partial charge in [0, 0.05) is 6.54 Å². The molecule has 3 rings (SSSR count). The van der Waals surface area contributed by atoms with E-state index >= 15 is 0 Å². The summed E-state index contributed by atoms with van der Waals surface area (Å²) in [6, 6.07) is 8.42. The molecule has 2 bridgehead atoms. The van der Waals surface area contributed by atoms with Crippen LogP contribution in [0.2, 0.25) is 0 Å². The largest absolute Gasteiger partial charge is 0.491 e.